The molecule has 2 aromatic heterocycles. The van der Waals surface area contributed by atoms with Crippen LogP contribution in [-0.4, -0.2) is 86.3 Å². The number of nitrogens with one attached hydrogen (secondary N) is 4. The lowest BCUT2D eigenvalue weighted by Gasteiger charge is -2.30. The lowest BCUT2D eigenvalue weighted by Crippen LogP contribution is -2.50. The third kappa shape index (κ3) is 9.32. The van der Waals surface area contributed by atoms with Gasteiger partial charge in [-0.25, -0.2) is 14.8 Å². The summed E-state index contributed by atoms with van der Waals surface area (Å²) in [6.45, 7) is 10.7. The summed E-state index contributed by atoms with van der Waals surface area (Å²) in [6.07, 6.45) is 7.56. The van der Waals surface area contributed by atoms with Gasteiger partial charge in [0.1, 0.15) is 24.2 Å². The number of alkyl carbamates (subject to hydrolysis) is 1. The van der Waals surface area contributed by atoms with E-state index in [0.717, 1.165) is 71.0 Å². The van der Waals surface area contributed by atoms with Gasteiger partial charge in [0.2, 0.25) is 17.7 Å². The fraction of sp³-hybridized carbons (Fsp3) is 0.450. The molecule has 4 N–H and O–H groups in total. The fourth-order valence-electron chi connectivity index (χ4n) is 6.89. The molecule has 0 aliphatic carbocycles. The zero-order valence-corrected chi connectivity index (χ0v) is 31.6. The second-order valence-corrected chi connectivity index (χ2v) is 13.9. The second-order valence-electron chi connectivity index (χ2n) is 13.9. The van der Waals surface area contributed by atoms with E-state index in [9.17, 15) is 19.2 Å². The number of amides is 4. The van der Waals surface area contributed by atoms with E-state index in [1.54, 1.807) is 11.1 Å². The first-order valence-corrected chi connectivity index (χ1v) is 18.5. The molecule has 2 saturated heterocycles. The van der Waals surface area contributed by atoms with E-state index < -0.39 is 12.1 Å². The molecule has 282 valence electrons. The highest BCUT2D eigenvalue weighted by Gasteiger charge is 2.37. The number of H-pyrrole nitrogens is 2. The van der Waals surface area contributed by atoms with Crippen molar-refractivity contribution in [2.24, 2.45) is 5.92 Å². The van der Waals surface area contributed by atoms with Gasteiger partial charge in [0.25, 0.3) is 0 Å². The zero-order valence-electron chi connectivity index (χ0n) is 31.6. The van der Waals surface area contributed by atoms with E-state index in [4.69, 9.17) is 0 Å². The molecular weight excluding hydrogens is 672 g/mol. The summed E-state index contributed by atoms with van der Waals surface area (Å²) in [6, 6.07) is 15.6. The van der Waals surface area contributed by atoms with Gasteiger partial charge in [-0.1, -0.05) is 82.6 Å². The Bertz CT molecular complexity index is 1850. The van der Waals surface area contributed by atoms with Gasteiger partial charge in [-0.3, -0.25) is 14.4 Å². The van der Waals surface area contributed by atoms with Gasteiger partial charge >= 0.3 is 6.09 Å². The van der Waals surface area contributed by atoms with Crippen LogP contribution in [0, 0.1) is 5.92 Å². The van der Waals surface area contributed by atoms with Gasteiger partial charge in [-0.2, -0.15) is 0 Å². The molecule has 53 heavy (non-hydrogen) atoms. The van der Waals surface area contributed by atoms with E-state index in [-0.39, 0.29) is 42.3 Å². The zero-order chi connectivity index (χ0) is 38.1. The van der Waals surface area contributed by atoms with Crippen molar-refractivity contribution >= 4 is 23.8 Å². The van der Waals surface area contributed by atoms with E-state index >= 15 is 0 Å². The molecule has 13 heteroatoms. The Labute approximate surface area is 311 Å². The Hall–Kier alpha value is -5.46. The summed E-state index contributed by atoms with van der Waals surface area (Å²) < 4.78 is 4.57. The third-order valence-corrected chi connectivity index (χ3v) is 9.52. The quantitative estimate of drug-likeness (QED) is 0.147. The van der Waals surface area contributed by atoms with Crippen molar-refractivity contribution in [2.75, 3.05) is 26.7 Å². The van der Waals surface area contributed by atoms with Gasteiger partial charge < -0.3 is 35.1 Å². The van der Waals surface area contributed by atoms with Crippen molar-refractivity contribution in [2.45, 2.75) is 84.8 Å². The minimum atomic E-state index is -0.635. The van der Waals surface area contributed by atoms with Crippen molar-refractivity contribution in [3.05, 3.63) is 72.6 Å². The number of imidazole rings is 2. The molecule has 2 aromatic carbocycles. The number of hydrogen-bond donors (Lipinski definition) is 4. The molecule has 3 atom stereocenters. The first-order valence-electron chi connectivity index (χ1n) is 18.5. The smallest absolute Gasteiger partial charge is 0.407 e. The molecule has 2 aliphatic heterocycles. The van der Waals surface area contributed by atoms with Crippen molar-refractivity contribution in [3.8, 4) is 33.6 Å². The number of benzene rings is 2. The molecule has 4 amide bonds. The number of rotatable bonds is 10. The summed E-state index contributed by atoms with van der Waals surface area (Å²) in [5.74, 6) is 0.992. The highest BCUT2D eigenvalue weighted by atomic mass is 16.5. The Kier molecular flexibility index (Phi) is 13.1. The monoisotopic (exact) mass is 724 g/mol. The fourth-order valence-corrected chi connectivity index (χ4v) is 6.89. The first kappa shape index (κ1) is 38.8. The van der Waals surface area contributed by atoms with Gasteiger partial charge in [-0.05, 0) is 53.9 Å². The molecule has 4 aromatic rings. The van der Waals surface area contributed by atoms with Crippen LogP contribution in [0.2, 0.25) is 0 Å². The highest BCUT2D eigenvalue weighted by molar-refractivity contribution is 5.87. The van der Waals surface area contributed by atoms with E-state index in [1.807, 2.05) is 37.1 Å². The highest BCUT2D eigenvalue weighted by Crippen LogP contribution is 2.34. The summed E-state index contributed by atoms with van der Waals surface area (Å²) in [5, 5.41) is 5.28. The van der Waals surface area contributed by atoms with Crippen LogP contribution in [0.1, 0.15) is 90.5 Å². The minimum absolute atomic E-state index is 0.0238. The normalized spacial score (nSPS) is 17.3. The largest absolute Gasteiger partial charge is 0.453 e. The molecular formula is C40H52N8O5. The lowest BCUT2D eigenvalue weighted by molar-refractivity contribution is -0.138. The summed E-state index contributed by atoms with van der Waals surface area (Å²) in [7, 11) is 1.26. The predicted octanol–water partition coefficient (Wildman–Crippen LogP) is 6.39. The minimum Gasteiger partial charge on any atom is -0.453 e. The maximum Gasteiger partial charge on any atom is 0.407 e. The van der Waals surface area contributed by atoms with Crippen LogP contribution < -0.4 is 10.6 Å². The van der Waals surface area contributed by atoms with Crippen molar-refractivity contribution < 1.29 is 23.9 Å². The molecule has 13 nitrogen and oxygen atoms in total. The molecule has 0 saturated carbocycles. The maximum atomic E-state index is 13.4. The molecule has 0 radical (unpaired) electrons. The van der Waals surface area contributed by atoms with Gasteiger partial charge in [0.05, 0.1) is 43.0 Å². The van der Waals surface area contributed by atoms with Gasteiger partial charge in [-0.15, -0.1) is 0 Å². The van der Waals surface area contributed by atoms with Crippen LogP contribution in [0.4, 0.5) is 4.79 Å². The third-order valence-electron chi connectivity index (χ3n) is 9.52. The molecule has 4 heterocycles. The van der Waals surface area contributed by atoms with Crippen molar-refractivity contribution in [1.29, 1.82) is 0 Å². The number of ether oxygens (including phenoxy) is 1. The molecule has 2 fully saturated rings. The van der Waals surface area contributed by atoms with Crippen molar-refractivity contribution in [1.82, 2.24) is 40.4 Å². The summed E-state index contributed by atoms with van der Waals surface area (Å²) in [5.41, 5.74) is 5.84. The first-order chi connectivity index (χ1) is 25.5. The van der Waals surface area contributed by atoms with Crippen LogP contribution in [0.25, 0.3) is 33.6 Å². The average Bonchev–Trinajstić information content (AvgIpc) is 3.99. The van der Waals surface area contributed by atoms with E-state index in [1.165, 1.54) is 20.5 Å². The Balaban J connectivity index is 0.00000175. The topological polar surface area (TPSA) is 165 Å². The van der Waals surface area contributed by atoms with Crippen LogP contribution in [-0.2, 0) is 19.1 Å². The Morgan fingerprint density at radius 2 is 1.25 bits per heavy atom. The predicted molar refractivity (Wildman–Crippen MR) is 203 cm³/mol. The molecule has 2 aliphatic rings. The van der Waals surface area contributed by atoms with Crippen LogP contribution in [0.15, 0.2) is 60.9 Å². The number of aromatic amines is 2. The second kappa shape index (κ2) is 17.8. The van der Waals surface area contributed by atoms with E-state index in [0.29, 0.717) is 13.1 Å². The number of nitrogens with zero attached hydrogens (tertiary/aromatic N) is 4. The van der Waals surface area contributed by atoms with Gasteiger partial charge in [0.15, 0.2) is 0 Å². The molecule has 0 spiro atoms. The number of hydrogen-bond acceptors (Lipinski definition) is 7. The average molecular weight is 725 g/mol. The number of carbonyl (C=O) groups is 4. The lowest BCUT2D eigenvalue weighted by atomic mass is 10.0. The number of likely N-dealkylation sites (tertiary alicyclic amines) is 2. The standard InChI is InChI=1S/C37H44N8O5.C3H8/c1-22(2)33(41-23(3)46)36(48)45-18-6-8-31(45)35-39-20-29(43-35)27-15-11-25(12-16-27)24-9-13-26(14-10-24)28-19-38-34(42-28)30-7-5-17-44(30)32(47)21-40-37(49)50-4;1-3-2/h9-16,19-20,22,30-31,33H,5-8,17-18,21H2,1-4H3,(H,38,42)(H,39,43)(H,40,49)(H,41,46);3H2,1-2H3/t30-,31-,33?;/m0./s1. The molecule has 0 bridgehead atoms. The number of carbonyl (C=O) groups excluding carboxylic acids is 4. The van der Waals surface area contributed by atoms with Crippen molar-refractivity contribution in [3.63, 3.8) is 0 Å². The number of methoxy groups -OCH3 is 1. The SMILES string of the molecule is CCC.COC(=O)NCC(=O)N1CCC[C@H]1c1ncc(-c2ccc(-c3ccc(-c4cnc([C@@H]5CCCN5C(=O)C(NC(C)=O)C(C)C)[nH]4)cc3)cc2)[nH]1. The summed E-state index contributed by atoms with van der Waals surface area (Å²) >= 11 is 0. The maximum absolute atomic E-state index is 13.4. The Morgan fingerprint density at radius 1 is 0.792 bits per heavy atom. The van der Waals surface area contributed by atoms with Gasteiger partial charge in [0, 0.05) is 20.0 Å². The summed E-state index contributed by atoms with van der Waals surface area (Å²) in [4.78, 5) is 69.0. The van der Waals surface area contributed by atoms with Crippen LogP contribution >= 0.6 is 0 Å². The molecule has 6 rings (SSSR count). The number of aromatic nitrogens is 4. The van der Waals surface area contributed by atoms with Crippen LogP contribution in [0.5, 0.6) is 0 Å². The van der Waals surface area contributed by atoms with Crippen LogP contribution in [0.3, 0.4) is 0 Å². The van der Waals surface area contributed by atoms with E-state index in [2.05, 4.69) is 85.6 Å². The molecule has 1 unspecified atom stereocenters. The Morgan fingerprint density at radius 3 is 1.70 bits per heavy atom.